The molecule has 6 nitrogen and oxygen atoms in total. The first-order valence-corrected chi connectivity index (χ1v) is 9.94. The van der Waals surface area contributed by atoms with Crippen molar-refractivity contribution < 1.29 is 24.2 Å². The monoisotopic (exact) mass is 417 g/mol. The average molecular weight is 417 g/mol. The van der Waals surface area contributed by atoms with Crippen LogP contribution in [-0.2, 0) is 17.8 Å². The van der Waals surface area contributed by atoms with Crippen molar-refractivity contribution >= 4 is 16.9 Å². The van der Waals surface area contributed by atoms with Crippen LogP contribution in [0.15, 0.2) is 77.4 Å². The number of rotatable bonds is 8. The van der Waals surface area contributed by atoms with Gasteiger partial charge in [0.25, 0.3) is 0 Å². The quantitative estimate of drug-likeness (QED) is 0.395. The van der Waals surface area contributed by atoms with E-state index in [-0.39, 0.29) is 19.6 Å². The molecule has 1 heterocycles. The van der Waals surface area contributed by atoms with Crippen LogP contribution in [0.5, 0.6) is 5.75 Å². The second-order valence-electron chi connectivity index (χ2n) is 7.35. The molecule has 4 rings (SSSR count). The van der Waals surface area contributed by atoms with Gasteiger partial charge in [0.05, 0.1) is 25.3 Å². The van der Waals surface area contributed by atoms with Gasteiger partial charge in [-0.25, -0.2) is 0 Å². The third kappa shape index (κ3) is 4.60. The largest absolute Gasteiger partial charge is 0.488 e. The predicted octanol–water partition coefficient (Wildman–Crippen LogP) is 4.30. The molecule has 0 unspecified atom stereocenters. The first-order chi connectivity index (χ1) is 15.0. The Kier molecular flexibility index (Phi) is 6.02. The Balaban J connectivity index is 1.61. The maximum absolute atomic E-state index is 11.1. The summed E-state index contributed by atoms with van der Waals surface area (Å²) in [5.74, 6) is -0.362. The zero-order valence-corrected chi connectivity index (χ0v) is 16.8. The van der Waals surface area contributed by atoms with E-state index in [0.717, 1.165) is 33.2 Å². The van der Waals surface area contributed by atoms with E-state index in [1.54, 1.807) is 24.5 Å². The third-order valence-corrected chi connectivity index (χ3v) is 5.20. The van der Waals surface area contributed by atoms with Crippen molar-refractivity contribution in [3.05, 3.63) is 89.7 Å². The van der Waals surface area contributed by atoms with Crippen LogP contribution < -0.4 is 10.5 Å². The fraction of sp³-hybridized carbons (Fsp3) is 0.160. The molecule has 158 valence electrons. The predicted molar refractivity (Wildman–Crippen MR) is 118 cm³/mol. The normalized spacial score (nSPS) is 12.1. The molecule has 4 aromatic rings. The van der Waals surface area contributed by atoms with Crippen LogP contribution in [0.2, 0.25) is 0 Å². The standard InChI is InChI=1S/C25H23NO5/c26-22(13-27)18-6-3-5-16(10-18)17-8-9-24-21(11-17)20(15-31-24)14-30-23-7-2-1-4-19(23)12-25(28)29/h1-11,15,22,27H,12-14,26H2,(H,28,29)/t22-/m1/s1. The summed E-state index contributed by atoms with van der Waals surface area (Å²) in [4.78, 5) is 11.1. The van der Waals surface area contributed by atoms with E-state index in [0.29, 0.717) is 11.3 Å². The third-order valence-electron chi connectivity index (χ3n) is 5.20. The van der Waals surface area contributed by atoms with E-state index in [1.807, 2.05) is 48.5 Å². The van der Waals surface area contributed by atoms with Crippen molar-refractivity contribution in [2.75, 3.05) is 6.61 Å². The van der Waals surface area contributed by atoms with Gasteiger partial charge in [-0.2, -0.15) is 0 Å². The lowest BCUT2D eigenvalue weighted by Gasteiger charge is -2.11. The number of aliphatic hydroxyl groups excluding tert-OH is 1. The van der Waals surface area contributed by atoms with E-state index in [4.69, 9.17) is 20.0 Å². The van der Waals surface area contributed by atoms with Crippen molar-refractivity contribution in [2.45, 2.75) is 19.1 Å². The number of aliphatic hydroxyl groups is 1. The second kappa shape index (κ2) is 9.04. The molecule has 1 aromatic heterocycles. The van der Waals surface area contributed by atoms with Gasteiger partial charge >= 0.3 is 5.97 Å². The highest BCUT2D eigenvalue weighted by Gasteiger charge is 2.12. The minimum Gasteiger partial charge on any atom is -0.488 e. The summed E-state index contributed by atoms with van der Waals surface area (Å²) < 4.78 is 11.6. The van der Waals surface area contributed by atoms with Crippen LogP contribution in [0.25, 0.3) is 22.1 Å². The molecule has 0 bridgehead atoms. The van der Waals surface area contributed by atoms with Gasteiger partial charge in [-0.05, 0) is 41.0 Å². The van der Waals surface area contributed by atoms with Gasteiger partial charge in [-0.3, -0.25) is 4.79 Å². The molecule has 3 aromatic carbocycles. The van der Waals surface area contributed by atoms with Crippen LogP contribution >= 0.6 is 0 Å². The Labute approximate surface area is 179 Å². The van der Waals surface area contributed by atoms with Crippen molar-refractivity contribution in [1.82, 2.24) is 0 Å². The van der Waals surface area contributed by atoms with Gasteiger partial charge in [0.1, 0.15) is 17.9 Å². The second-order valence-corrected chi connectivity index (χ2v) is 7.35. The van der Waals surface area contributed by atoms with Crippen molar-refractivity contribution in [1.29, 1.82) is 0 Å². The number of aliphatic carboxylic acids is 1. The number of ether oxygens (including phenoxy) is 1. The fourth-order valence-corrected chi connectivity index (χ4v) is 3.54. The minimum atomic E-state index is -0.905. The molecule has 0 spiro atoms. The number of benzene rings is 3. The Morgan fingerprint density at radius 3 is 2.61 bits per heavy atom. The number of fused-ring (bicyclic) bond motifs is 1. The number of carboxylic acids is 1. The van der Waals surface area contributed by atoms with Crippen LogP contribution in [0, 0.1) is 0 Å². The number of hydrogen-bond acceptors (Lipinski definition) is 5. The first kappa shape index (κ1) is 20.7. The van der Waals surface area contributed by atoms with Crippen LogP contribution in [0.4, 0.5) is 0 Å². The number of nitrogens with two attached hydrogens (primary N) is 1. The molecule has 0 amide bonds. The van der Waals surface area contributed by atoms with E-state index < -0.39 is 12.0 Å². The number of carbonyl (C=O) groups is 1. The maximum Gasteiger partial charge on any atom is 0.307 e. The first-order valence-electron chi connectivity index (χ1n) is 9.94. The zero-order chi connectivity index (χ0) is 21.8. The Morgan fingerprint density at radius 1 is 1.00 bits per heavy atom. The van der Waals surface area contributed by atoms with Gasteiger partial charge < -0.3 is 25.1 Å². The molecule has 0 saturated heterocycles. The van der Waals surface area contributed by atoms with E-state index >= 15 is 0 Å². The van der Waals surface area contributed by atoms with Gasteiger partial charge in [0.2, 0.25) is 0 Å². The van der Waals surface area contributed by atoms with Crippen LogP contribution in [-0.4, -0.2) is 22.8 Å². The van der Waals surface area contributed by atoms with Gasteiger partial charge in [-0.15, -0.1) is 0 Å². The smallest absolute Gasteiger partial charge is 0.307 e. The van der Waals surface area contributed by atoms with Gasteiger partial charge in [-0.1, -0.05) is 42.5 Å². The summed E-state index contributed by atoms with van der Waals surface area (Å²) in [6.07, 6.45) is 1.56. The number of hydrogen-bond donors (Lipinski definition) is 3. The lowest BCUT2D eigenvalue weighted by molar-refractivity contribution is -0.136. The zero-order valence-electron chi connectivity index (χ0n) is 16.8. The number of carboxylic acid groups (broad SMARTS) is 1. The summed E-state index contributed by atoms with van der Waals surface area (Å²) in [7, 11) is 0. The summed E-state index contributed by atoms with van der Waals surface area (Å²) in [6, 6.07) is 20.4. The van der Waals surface area contributed by atoms with Crippen LogP contribution in [0.3, 0.4) is 0 Å². The molecule has 0 aliphatic heterocycles. The minimum absolute atomic E-state index is 0.0984. The highest BCUT2D eigenvalue weighted by molar-refractivity contribution is 5.86. The molecule has 0 aliphatic rings. The average Bonchev–Trinajstić information content (AvgIpc) is 3.20. The van der Waals surface area contributed by atoms with E-state index in [9.17, 15) is 9.90 Å². The molecular weight excluding hydrogens is 394 g/mol. The molecule has 31 heavy (non-hydrogen) atoms. The number of furan rings is 1. The molecule has 1 atom stereocenters. The van der Waals surface area contributed by atoms with E-state index in [2.05, 4.69) is 0 Å². The summed E-state index contributed by atoms with van der Waals surface area (Å²) >= 11 is 0. The summed E-state index contributed by atoms with van der Waals surface area (Å²) in [5, 5.41) is 19.4. The van der Waals surface area contributed by atoms with Gasteiger partial charge in [0.15, 0.2) is 0 Å². The molecule has 0 fully saturated rings. The summed E-state index contributed by atoms with van der Waals surface area (Å²) in [5.41, 5.74) is 11.0. The fourth-order valence-electron chi connectivity index (χ4n) is 3.54. The Hall–Kier alpha value is -3.61. The number of para-hydroxylation sites is 1. The molecule has 0 aliphatic carbocycles. The van der Waals surface area contributed by atoms with Gasteiger partial charge in [0, 0.05) is 16.5 Å². The Bertz CT molecular complexity index is 1210. The highest BCUT2D eigenvalue weighted by atomic mass is 16.5. The van der Waals surface area contributed by atoms with Crippen molar-refractivity contribution in [3.63, 3.8) is 0 Å². The highest BCUT2D eigenvalue weighted by Crippen LogP contribution is 2.30. The van der Waals surface area contributed by atoms with E-state index in [1.165, 1.54) is 0 Å². The lowest BCUT2D eigenvalue weighted by Crippen LogP contribution is -2.14. The van der Waals surface area contributed by atoms with Crippen molar-refractivity contribution in [3.8, 4) is 16.9 Å². The topological polar surface area (TPSA) is 106 Å². The molecule has 4 N–H and O–H groups in total. The molecule has 6 heteroatoms. The molecular formula is C25H23NO5. The summed E-state index contributed by atoms with van der Waals surface area (Å²) in [6.45, 7) is 0.136. The lowest BCUT2D eigenvalue weighted by atomic mass is 9.98. The molecule has 0 saturated carbocycles. The maximum atomic E-state index is 11.1. The SMILES string of the molecule is N[C@H](CO)c1cccc(-c2ccc3occ(COc4ccccc4CC(=O)O)c3c2)c1. The molecule has 0 radical (unpaired) electrons. The van der Waals surface area contributed by atoms with Crippen LogP contribution in [0.1, 0.15) is 22.7 Å². The Morgan fingerprint density at radius 2 is 1.81 bits per heavy atom. The van der Waals surface area contributed by atoms with Crippen molar-refractivity contribution in [2.24, 2.45) is 5.73 Å².